The van der Waals surface area contributed by atoms with E-state index in [9.17, 15) is 0 Å². The van der Waals surface area contributed by atoms with E-state index in [-0.39, 0.29) is 0 Å². The van der Waals surface area contributed by atoms with E-state index >= 15 is 0 Å². The summed E-state index contributed by atoms with van der Waals surface area (Å²) in [5.74, 6) is 1.49. The van der Waals surface area contributed by atoms with Gasteiger partial charge in [-0.3, -0.25) is 4.68 Å². The van der Waals surface area contributed by atoms with Crippen molar-refractivity contribution < 1.29 is 4.74 Å². The van der Waals surface area contributed by atoms with E-state index < -0.39 is 0 Å². The lowest BCUT2D eigenvalue weighted by atomic mass is 10.1. The van der Waals surface area contributed by atoms with E-state index in [1.807, 2.05) is 38.2 Å². The van der Waals surface area contributed by atoms with Crippen molar-refractivity contribution in [1.29, 1.82) is 0 Å². The highest BCUT2D eigenvalue weighted by Gasteiger charge is 2.12. The number of nitrogen functional groups attached to an aromatic ring is 1. The van der Waals surface area contributed by atoms with E-state index in [0.29, 0.717) is 5.82 Å². The monoisotopic (exact) mass is 217 g/mol. The van der Waals surface area contributed by atoms with Gasteiger partial charge in [0.15, 0.2) is 0 Å². The first kappa shape index (κ1) is 10.5. The summed E-state index contributed by atoms with van der Waals surface area (Å²) in [6.45, 7) is 1.95. The Balaban J connectivity index is 2.58. The molecule has 4 nitrogen and oxygen atoms in total. The highest BCUT2D eigenvalue weighted by Crippen LogP contribution is 2.30. The maximum absolute atomic E-state index is 5.99. The number of ether oxygens (including phenoxy) is 1. The number of rotatable bonds is 2. The molecule has 0 aliphatic carbocycles. The van der Waals surface area contributed by atoms with Crippen LogP contribution < -0.4 is 10.5 Å². The topological polar surface area (TPSA) is 53.1 Å². The Morgan fingerprint density at radius 1 is 1.38 bits per heavy atom. The first-order valence-corrected chi connectivity index (χ1v) is 5.07. The van der Waals surface area contributed by atoms with Gasteiger partial charge >= 0.3 is 0 Å². The Kier molecular flexibility index (Phi) is 2.56. The third kappa shape index (κ3) is 1.62. The van der Waals surface area contributed by atoms with Crippen molar-refractivity contribution in [1.82, 2.24) is 9.78 Å². The summed E-state index contributed by atoms with van der Waals surface area (Å²) in [7, 11) is 3.49. The van der Waals surface area contributed by atoms with Crippen LogP contribution in [0.15, 0.2) is 24.3 Å². The van der Waals surface area contributed by atoms with Crippen LogP contribution in [0.1, 0.15) is 5.69 Å². The van der Waals surface area contributed by atoms with E-state index in [1.54, 1.807) is 11.8 Å². The third-order valence-corrected chi connectivity index (χ3v) is 2.62. The summed E-state index contributed by atoms with van der Waals surface area (Å²) in [5.41, 5.74) is 8.91. The van der Waals surface area contributed by atoms with Crippen LogP contribution >= 0.6 is 0 Å². The lowest BCUT2D eigenvalue weighted by Crippen LogP contribution is -1.98. The van der Waals surface area contributed by atoms with Crippen LogP contribution in [-0.4, -0.2) is 16.9 Å². The summed E-state index contributed by atoms with van der Waals surface area (Å²) in [6, 6.07) is 7.81. The van der Waals surface area contributed by atoms with Gasteiger partial charge in [-0.15, -0.1) is 0 Å². The zero-order chi connectivity index (χ0) is 11.7. The van der Waals surface area contributed by atoms with Crippen LogP contribution in [0.3, 0.4) is 0 Å². The second kappa shape index (κ2) is 3.89. The fourth-order valence-electron chi connectivity index (χ4n) is 1.81. The standard InChI is InChI=1S/C12H15N3O/c1-8-11(12(13)15(2)14-8)9-5-4-6-10(7-9)16-3/h4-7H,13H2,1-3H3. The normalized spacial score (nSPS) is 10.4. The van der Waals surface area contributed by atoms with Crippen LogP contribution in [0.2, 0.25) is 0 Å². The SMILES string of the molecule is COc1cccc(-c2c(C)nn(C)c2N)c1. The first-order chi connectivity index (χ1) is 7.63. The predicted molar refractivity (Wildman–Crippen MR) is 64.3 cm³/mol. The zero-order valence-electron chi connectivity index (χ0n) is 9.69. The minimum atomic E-state index is 0.672. The second-order valence-electron chi connectivity index (χ2n) is 3.70. The van der Waals surface area contributed by atoms with Gasteiger partial charge in [0.05, 0.1) is 12.8 Å². The van der Waals surface area contributed by atoms with Gasteiger partial charge in [0.1, 0.15) is 11.6 Å². The van der Waals surface area contributed by atoms with Crippen molar-refractivity contribution in [2.24, 2.45) is 7.05 Å². The number of methoxy groups -OCH3 is 1. The minimum Gasteiger partial charge on any atom is -0.497 e. The molecular weight excluding hydrogens is 202 g/mol. The van der Waals surface area contributed by atoms with E-state index in [4.69, 9.17) is 10.5 Å². The average Bonchev–Trinajstić information content (AvgIpc) is 2.53. The molecule has 0 saturated carbocycles. The fraction of sp³-hybridized carbons (Fsp3) is 0.250. The fourth-order valence-corrected chi connectivity index (χ4v) is 1.81. The maximum atomic E-state index is 5.99. The molecule has 2 aromatic rings. The predicted octanol–water partition coefficient (Wildman–Crippen LogP) is 1.99. The molecule has 0 fully saturated rings. The Labute approximate surface area is 94.6 Å². The molecule has 1 aromatic carbocycles. The number of aryl methyl sites for hydroxylation is 2. The molecule has 0 unspecified atom stereocenters. The largest absolute Gasteiger partial charge is 0.497 e. The molecule has 84 valence electrons. The van der Waals surface area contributed by atoms with Gasteiger partial charge in [-0.05, 0) is 24.6 Å². The molecule has 0 radical (unpaired) electrons. The molecule has 1 heterocycles. The van der Waals surface area contributed by atoms with Crippen molar-refractivity contribution in [3.8, 4) is 16.9 Å². The van der Waals surface area contributed by atoms with Gasteiger partial charge in [0, 0.05) is 12.6 Å². The Morgan fingerprint density at radius 3 is 2.69 bits per heavy atom. The summed E-state index contributed by atoms with van der Waals surface area (Å²) in [5, 5.41) is 4.29. The van der Waals surface area contributed by atoms with E-state index in [1.165, 1.54) is 0 Å². The molecule has 16 heavy (non-hydrogen) atoms. The number of benzene rings is 1. The molecule has 0 bridgehead atoms. The quantitative estimate of drug-likeness (QED) is 0.836. The van der Waals surface area contributed by atoms with Gasteiger partial charge in [-0.25, -0.2) is 0 Å². The van der Waals surface area contributed by atoms with Crippen molar-refractivity contribution in [2.45, 2.75) is 6.92 Å². The van der Waals surface area contributed by atoms with E-state index in [2.05, 4.69) is 5.10 Å². The highest BCUT2D eigenvalue weighted by atomic mass is 16.5. The molecule has 0 atom stereocenters. The molecule has 2 rings (SSSR count). The van der Waals surface area contributed by atoms with Crippen molar-refractivity contribution in [3.63, 3.8) is 0 Å². The van der Waals surface area contributed by atoms with Gasteiger partial charge in [-0.2, -0.15) is 5.10 Å². The Bertz CT molecular complexity index is 517. The summed E-state index contributed by atoms with van der Waals surface area (Å²) in [4.78, 5) is 0. The number of nitrogens with two attached hydrogens (primary N) is 1. The van der Waals surface area contributed by atoms with Gasteiger partial charge < -0.3 is 10.5 Å². The number of nitrogens with zero attached hydrogens (tertiary/aromatic N) is 2. The van der Waals surface area contributed by atoms with Crippen LogP contribution in [0, 0.1) is 6.92 Å². The molecule has 0 aliphatic heterocycles. The van der Waals surface area contributed by atoms with Crippen LogP contribution in [-0.2, 0) is 7.05 Å². The number of aromatic nitrogens is 2. The molecule has 0 amide bonds. The third-order valence-electron chi connectivity index (χ3n) is 2.62. The van der Waals surface area contributed by atoms with Crippen LogP contribution in [0.25, 0.3) is 11.1 Å². The maximum Gasteiger partial charge on any atom is 0.129 e. The molecule has 0 saturated heterocycles. The smallest absolute Gasteiger partial charge is 0.129 e. The molecule has 0 spiro atoms. The lowest BCUT2D eigenvalue weighted by molar-refractivity contribution is 0.415. The molecule has 4 heteroatoms. The van der Waals surface area contributed by atoms with Gasteiger partial charge in [-0.1, -0.05) is 12.1 Å². The van der Waals surface area contributed by atoms with E-state index in [0.717, 1.165) is 22.6 Å². The molecule has 1 aromatic heterocycles. The summed E-state index contributed by atoms with van der Waals surface area (Å²) >= 11 is 0. The minimum absolute atomic E-state index is 0.672. The van der Waals surface area contributed by atoms with Gasteiger partial charge in [0.2, 0.25) is 0 Å². The zero-order valence-corrected chi connectivity index (χ0v) is 9.69. The molecular formula is C12H15N3O. The van der Waals surface area contributed by atoms with Crippen molar-refractivity contribution >= 4 is 5.82 Å². The summed E-state index contributed by atoms with van der Waals surface area (Å²) < 4.78 is 6.88. The number of hydrogen-bond donors (Lipinski definition) is 1. The Hall–Kier alpha value is -1.97. The molecule has 2 N–H and O–H groups in total. The van der Waals surface area contributed by atoms with Crippen molar-refractivity contribution in [3.05, 3.63) is 30.0 Å². The number of anilines is 1. The number of hydrogen-bond acceptors (Lipinski definition) is 3. The lowest BCUT2D eigenvalue weighted by Gasteiger charge is -2.04. The van der Waals surface area contributed by atoms with Crippen molar-refractivity contribution in [2.75, 3.05) is 12.8 Å². The molecule has 0 aliphatic rings. The second-order valence-corrected chi connectivity index (χ2v) is 3.70. The van der Waals surface area contributed by atoms with Crippen LogP contribution in [0.4, 0.5) is 5.82 Å². The highest BCUT2D eigenvalue weighted by molar-refractivity contribution is 5.77. The average molecular weight is 217 g/mol. The van der Waals surface area contributed by atoms with Gasteiger partial charge in [0.25, 0.3) is 0 Å². The Morgan fingerprint density at radius 2 is 2.12 bits per heavy atom. The first-order valence-electron chi connectivity index (χ1n) is 5.07. The van der Waals surface area contributed by atoms with Crippen LogP contribution in [0.5, 0.6) is 5.75 Å². The summed E-state index contributed by atoms with van der Waals surface area (Å²) in [6.07, 6.45) is 0.